The second-order valence-corrected chi connectivity index (χ2v) is 6.98. The van der Waals surface area contributed by atoms with Crippen LogP contribution in [0, 0.1) is 6.92 Å². The summed E-state index contributed by atoms with van der Waals surface area (Å²) in [4.78, 5) is 14.6. The number of rotatable bonds is 5. The molecule has 0 bridgehead atoms. The van der Waals surface area contributed by atoms with Crippen LogP contribution in [0.25, 0.3) is 0 Å². The van der Waals surface area contributed by atoms with Crippen molar-refractivity contribution in [2.24, 2.45) is 0 Å². The van der Waals surface area contributed by atoms with E-state index in [4.69, 9.17) is 4.74 Å². The lowest BCUT2D eigenvalue weighted by atomic mass is 10.0. The molecule has 2 aromatic rings. The zero-order valence-electron chi connectivity index (χ0n) is 15.2. The smallest absolute Gasteiger partial charge is 0.222 e. The molecule has 2 aromatic carbocycles. The third kappa shape index (κ3) is 4.32. The maximum absolute atomic E-state index is 12.3. The number of ether oxygens (including phenoxy) is 1. The molecule has 3 rings (SSSR count). The first-order valence-electron chi connectivity index (χ1n) is 8.86. The molecule has 0 aromatic heterocycles. The Balaban J connectivity index is 1.86. The third-order valence-electron chi connectivity index (χ3n) is 4.36. The lowest BCUT2D eigenvalue weighted by Gasteiger charge is -2.38. The minimum atomic E-state index is 0.0224. The maximum Gasteiger partial charge on any atom is 0.222 e. The number of amides is 1. The Morgan fingerprint density at radius 2 is 2.00 bits per heavy atom. The van der Waals surface area contributed by atoms with Crippen molar-refractivity contribution in [1.82, 2.24) is 5.32 Å². The average molecular weight is 338 g/mol. The van der Waals surface area contributed by atoms with Gasteiger partial charge < -0.3 is 15.0 Å². The van der Waals surface area contributed by atoms with E-state index in [0.29, 0.717) is 13.0 Å². The van der Waals surface area contributed by atoms with Crippen molar-refractivity contribution in [3.63, 3.8) is 0 Å². The monoisotopic (exact) mass is 338 g/mol. The van der Waals surface area contributed by atoms with Crippen LogP contribution in [-0.4, -0.2) is 24.6 Å². The molecule has 1 heterocycles. The third-order valence-corrected chi connectivity index (χ3v) is 4.36. The van der Waals surface area contributed by atoms with Crippen LogP contribution < -0.4 is 15.0 Å². The molecule has 132 valence electrons. The lowest BCUT2D eigenvalue weighted by Crippen LogP contribution is -2.46. The molecule has 0 radical (unpaired) electrons. The van der Waals surface area contributed by atoms with Gasteiger partial charge in [-0.1, -0.05) is 36.4 Å². The molecule has 0 spiro atoms. The fraction of sp³-hybridized carbons (Fsp3) is 0.381. The Morgan fingerprint density at radius 3 is 2.72 bits per heavy atom. The van der Waals surface area contributed by atoms with Crippen LogP contribution in [0.1, 0.15) is 31.4 Å². The van der Waals surface area contributed by atoms with Gasteiger partial charge in [0.2, 0.25) is 5.91 Å². The molecule has 1 aliphatic rings. The normalized spacial score (nSPS) is 16.3. The van der Waals surface area contributed by atoms with Crippen LogP contribution in [0.5, 0.6) is 5.75 Å². The number of fused-ring (bicyclic) bond motifs is 1. The summed E-state index contributed by atoms with van der Waals surface area (Å²) in [6.45, 7) is 7.31. The molecule has 0 fully saturated rings. The fourth-order valence-corrected chi connectivity index (χ4v) is 3.21. The van der Waals surface area contributed by atoms with Crippen LogP contribution in [0.15, 0.2) is 48.5 Å². The van der Waals surface area contributed by atoms with E-state index in [1.165, 1.54) is 11.1 Å². The van der Waals surface area contributed by atoms with E-state index in [2.05, 4.69) is 47.5 Å². The van der Waals surface area contributed by atoms with Crippen LogP contribution >= 0.6 is 0 Å². The van der Waals surface area contributed by atoms with Crippen molar-refractivity contribution in [1.29, 1.82) is 0 Å². The molecule has 0 saturated heterocycles. The Hall–Kier alpha value is -2.49. The van der Waals surface area contributed by atoms with Crippen molar-refractivity contribution >= 4 is 11.6 Å². The minimum Gasteiger partial charge on any atom is -0.489 e. The van der Waals surface area contributed by atoms with E-state index in [9.17, 15) is 4.79 Å². The van der Waals surface area contributed by atoms with Gasteiger partial charge in [-0.2, -0.15) is 0 Å². The zero-order chi connectivity index (χ0) is 17.8. The summed E-state index contributed by atoms with van der Waals surface area (Å²) in [5, 5.41) is 2.99. The number of hydrogen-bond acceptors (Lipinski definition) is 3. The second kappa shape index (κ2) is 7.60. The van der Waals surface area contributed by atoms with Crippen molar-refractivity contribution in [3.8, 4) is 5.75 Å². The number of aryl methyl sites for hydroxylation is 1. The summed E-state index contributed by atoms with van der Waals surface area (Å²) in [6.07, 6.45) is 0.429. The minimum absolute atomic E-state index is 0.0224. The number of carbonyl (C=O) groups excluding carboxylic acids is 1. The summed E-state index contributed by atoms with van der Waals surface area (Å²) in [5.74, 6) is 0.966. The Morgan fingerprint density at radius 1 is 1.24 bits per heavy atom. The van der Waals surface area contributed by atoms with E-state index in [1.54, 1.807) is 0 Å². The highest BCUT2D eigenvalue weighted by Crippen LogP contribution is 2.36. The first-order chi connectivity index (χ1) is 12.0. The lowest BCUT2D eigenvalue weighted by molar-refractivity contribution is -0.122. The Bertz CT molecular complexity index is 728. The average Bonchev–Trinajstić information content (AvgIpc) is 2.57. The van der Waals surface area contributed by atoms with Crippen molar-refractivity contribution in [2.75, 3.05) is 11.5 Å². The van der Waals surface area contributed by atoms with Gasteiger partial charge in [0.25, 0.3) is 0 Å². The van der Waals surface area contributed by atoms with Crippen LogP contribution in [0.4, 0.5) is 5.69 Å². The number of nitrogens with one attached hydrogen (secondary N) is 1. The molecule has 0 saturated carbocycles. The molecule has 1 amide bonds. The number of nitrogens with zero attached hydrogens (tertiary/aromatic N) is 1. The Kier molecular flexibility index (Phi) is 5.27. The molecule has 1 N–H and O–H groups in total. The maximum atomic E-state index is 12.3. The second-order valence-electron chi connectivity index (χ2n) is 6.98. The largest absolute Gasteiger partial charge is 0.489 e. The van der Waals surface area contributed by atoms with Crippen molar-refractivity contribution in [3.05, 3.63) is 59.7 Å². The van der Waals surface area contributed by atoms with E-state index in [1.807, 2.05) is 32.0 Å². The van der Waals surface area contributed by atoms with Gasteiger partial charge >= 0.3 is 0 Å². The number of anilines is 1. The quantitative estimate of drug-likeness (QED) is 0.904. The van der Waals surface area contributed by atoms with E-state index in [-0.39, 0.29) is 18.0 Å². The summed E-state index contributed by atoms with van der Waals surface area (Å²) in [7, 11) is 0. The molecule has 4 nitrogen and oxygen atoms in total. The van der Waals surface area contributed by atoms with Gasteiger partial charge in [-0.05, 0) is 44.0 Å². The predicted molar refractivity (Wildman–Crippen MR) is 101 cm³/mol. The highest BCUT2D eigenvalue weighted by molar-refractivity contribution is 5.78. The molecular formula is C21H26N2O2. The van der Waals surface area contributed by atoms with Gasteiger partial charge in [0, 0.05) is 12.6 Å². The summed E-state index contributed by atoms with van der Waals surface area (Å²) < 4.78 is 5.97. The molecule has 25 heavy (non-hydrogen) atoms. The predicted octanol–water partition coefficient (Wildman–Crippen LogP) is 3.68. The van der Waals surface area contributed by atoms with Gasteiger partial charge in [-0.15, -0.1) is 0 Å². The van der Waals surface area contributed by atoms with Crippen LogP contribution in [-0.2, 0) is 11.3 Å². The highest BCUT2D eigenvalue weighted by Gasteiger charge is 2.29. The van der Waals surface area contributed by atoms with Gasteiger partial charge in [-0.25, -0.2) is 0 Å². The summed E-state index contributed by atoms with van der Waals surface area (Å²) in [6, 6.07) is 16.8. The zero-order valence-corrected chi connectivity index (χ0v) is 15.2. The Labute approximate surface area is 149 Å². The molecule has 0 aliphatic carbocycles. The number of benzene rings is 2. The topological polar surface area (TPSA) is 41.6 Å². The van der Waals surface area contributed by atoms with E-state index in [0.717, 1.165) is 18.0 Å². The van der Waals surface area contributed by atoms with Crippen LogP contribution in [0.2, 0.25) is 0 Å². The molecule has 1 unspecified atom stereocenters. The van der Waals surface area contributed by atoms with Gasteiger partial charge in [0.15, 0.2) is 0 Å². The number of carbonyl (C=O) groups is 1. The molecular weight excluding hydrogens is 312 g/mol. The van der Waals surface area contributed by atoms with Crippen LogP contribution in [0.3, 0.4) is 0 Å². The van der Waals surface area contributed by atoms with E-state index < -0.39 is 0 Å². The summed E-state index contributed by atoms with van der Waals surface area (Å²) in [5.41, 5.74) is 3.46. The van der Waals surface area contributed by atoms with Gasteiger partial charge in [0.05, 0.1) is 18.2 Å². The molecule has 1 atom stereocenters. The highest BCUT2D eigenvalue weighted by atomic mass is 16.5. The van der Waals surface area contributed by atoms with Gasteiger partial charge in [0.1, 0.15) is 12.4 Å². The molecule has 1 aliphatic heterocycles. The van der Waals surface area contributed by atoms with Crippen molar-refractivity contribution < 1.29 is 9.53 Å². The standard InChI is InChI=1S/C21H26N2O2/c1-15(2)22-21(24)12-18-14-25-20-11-16(3)9-10-19(20)23(18)13-17-7-5-4-6-8-17/h4-11,15,18H,12-14H2,1-3H3,(H,22,24). The first-order valence-corrected chi connectivity index (χ1v) is 8.86. The van der Waals surface area contributed by atoms with E-state index >= 15 is 0 Å². The van der Waals surface area contributed by atoms with Gasteiger partial charge in [-0.3, -0.25) is 4.79 Å². The number of hydrogen-bond donors (Lipinski definition) is 1. The summed E-state index contributed by atoms with van der Waals surface area (Å²) >= 11 is 0. The van der Waals surface area contributed by atoms with Crippen molar-refractivity contribution in [2.45, 2.75) is 45.8 Å². The SMILES string of the molecule is Cc1ccc2c(c1)OCC(CC(=O)NC(C)C)N2Cc1ccccc1. The molecule has 4 heteroatoms. The fourth-order valence-electron chi connectivity index (χ4n) is 3.21. The first kappa shape index (κ1) is 17.3.